The lowest BCUT2D eigenvalue weighted by Gasteiger charge is -1.95. The SMILES string of the molecule is C[C@@H]1COc2ncccc21. The van der Waals surface area contributed by atoms with Crippen LogP contribution in [0, 0.1) is 0 Å². The molecule has 0 unspecified atom stereocenters. The van der Waals surface area contributed by atoms with Crippen molar-refractivity contribution in [3.8, 4) is 5.88 Å². The molecule has 0 fully saturated rings. The van der Waals surface area contributed by atoms with Gasteiger partial charge in [0, 0.05) is 17.7 Å². The molecule has 0 bridgehead atoms. The molecule has 0 radical (unpaired) electrons. The topological polar surface area (TPSA) is 22.1 Å². The zero-order chi connectivity index (χ0) is 6.97. The lowest BCUT2D eigenvalue weighted by Crippen LogP contribution is -1.93. The van der Waals surface area contributed by atoms with E-state index in [1.165, 1.54) is 5.56 Å². The lowest BCUT2D eigenvalue weighted by atomic mass is 10.1. The van der Waals surface area contributed by atoms with Gasteiger partial charge in [0.2, 0.25) is 5.88 Å². The number of rotatable bonds is 0. The molecule has 0 aliphatic carbocycles. The minimum absolute atomic E-state index is 0.517. The van der Waals surface area contributed by atoms with Crippen LogP contribution in [0.3, 0.4) is 0 Å². The van der Waals surface area contributed by atoms with Crippen molar-refractivity contribution in [2.24, 2.45) is 0 Å². The second-order valence-electron chi connectivity index (χ2n) is 2.61. The highest BCUT2D eigenvalue weighted by Crippen LogP contribution is 2.30. The minimum Gasteiger partial charge on any atom is -0.477 e. The van der Waals surface area contributed by atoms with Gasteiger partial charge in [0.15, 0.2) is 0 Å². The Bertz CT molecular complexity index is 247. The number of hydrogen-bond donors (Lipinski definition) is 0. The van der Waals surface area contributed by atoms with Crippen molar-refractivity contribution >= 4 is 0 Å². The van der Waals surface area contributed by atoms with Gasteiger partial charge in [-0.05, 0) is 6.07 Å². The summed E-state index contributed by atoms with van der Waals surface area (Å²) in [4.78, 5) is 4.09. The maximum atomic E-state index is 5.30. The molecule has 1 aromatic heterocycles. The fraction of sp³-hybridized carbons (Fsp3) is 0.375. The summed E-state index contributed by atoms with van der Waals surface area (Å²) in [5, 5.41) is 0. The average molecular weight is 135 g/mol. The van der Waals surface area contributed by atoms with Crippen molar-refractivity contribution in [3.05, 3.63) is 23.9 Å². The minimum atomic E-state index is 0.517. The Balaban J connectivity index is 2.51. The smallest absolute Gasteiger partial charge is 0.216 e. The molecule has 0 spiro atoms. The van der Waals surface area contributed by atoms with Gasteiger partial charge in [0.1, 0.15) is 0 Å². The predicted octanol–water partition coefficient (Wildman–Crippen LogP) is 1.58. The van der Waals surface area contributed by atoms with Crippen LogP contribution in [-0.2, 0) is 0 Å². The zero-order valence-corrected chi connectivity index (χ0v) is 5.87. The van der Waals surface area contributed by atoms with Gasteiger partial charge in [0.05, 0.1) is 6.61 Å². The number of hydrogen-bond acceptors (Lipinski definition) is 2. The Morgan fingerprint density at radius 1 is 1.70 bits per heavy atom. The van der Waals surface area contributed by atoms with Crippen molar-refractivity contribution in [2.45, 2.75) is 12.8 Å². The first-order valence-corrected chi connectivity index (χ1v) is 3.45. The van der Waals surface area contributed by atoms with Gasteiger partial charge in [-0.3, -0.25) is 0 Å². The predicted molar refractivity (Wildman–Crippen MR) is 38.1 cm³/mol. The fourth-order valence-corrected chi connectivity index (χ4v) is 1.19. The summed E-state index contributed by atoms with van der Waals surface area (Å²) in [6.45, 7) is 2.93. The van der Waals surface area contributed by atoms with E-state index in [2.05, 4.69) is 18.0 Å². The standard InChI is InChI=1S/C8H9NO/c1-6-5-10-8-7(6)3-2-4-9-8/h2-4,6H,5H2,1H3/t6-/m1/s1. The van der Waals surface area contributed by atoms with E-state index in [0.717, 1.165) is 12.5 Å². The van der Waals surface area contributed by atoms with E-state index in [0.29, 0.717) is 5.92 Å². The van der Waals surface area contributed by atoms with Gasteiger partial charge >= 0.3 is 0 Å². The molecule has 1 aliphatic heterocycles. The molecule has 0 amide bonds. The third-order valence-electron chi connectivity index (χ3n) is 1.80. The van der Waals surface area contributed by atoms with Gasteiger partial charge in [0.25, 0.3) is 0 Å². The van der Waals surface area contributed by atoms with Gasteiger partial charge in [-0.25, -0.2) is 4.98 Å². The maximum Gasteiger partial charge on any atom is 0.216 e. The maximum absolute atomic E-state index is 5.30. The molecular weight excluding hydrogens is 126 g/mol. The van der Waals surface area contributed by atoms with E-state index in [1.54, 1.807) is 6.20 Å². The quantitative estimate of drug-likeness (QED) is 0.538. The largest absolute Gasteiger partial charge is 0.477 e. The van der Waals surface area contributed by atoms with E-state index in [-0.39, 0.29) is 0 Å². The monoisotopic (exact) mass is 135 g/mol. The Labute approximate surface area is 59.9 Å². The summed E-state index contributed by atoms with van der Waals surface area (Å²) in [5.74, 6) is 1.33. The second-order valence-corrected chi connectivity index (χ2v) is 2.61. The normalized spacial score (nSPS) is 21.9. The summed E-state index contributed by atoms with van der Waals surface area (Å²) >= 11 is 0. The summed E-state index contributed by atoms with van der Waals surface area (Å²) in [6, 6.07) is 4.02. The Morgan fingerprint density at radius 3 is 3.40 bits per heavy atom. The van der Waals surface area contributed by atoms with Crippen LogP contribution in [0.15, 0.2) is 18.3 Å². The van der Waals surface area contributed by atoms with E-state index in [9.17, 15) is 0 Å². The Hall–Kier alpha value is -1.05. The van der Waals surface area contributed by atoms with Crippen LogP contribution in [0.25, 0.3) is 0 Å². The second kappa shape index (κ2) is 1.97. The van der Waals surface area contributed by atoms with Crippen LogP contribution in [-0.4, -0.2) is 11.6 Å². The molecule has 1 atom stereocenters. The van der Waals surface area contributed by atoms with Crippen molar-refractivity contribution in [3.63, 3.8) is 0 Å². The summed E-state index contributed by atoms with van der Waals surface area (Å²) in [5.41, 5.74) is 1.24. The van der Waals surface area contributed by atoms with E-state index < -0.39 is 0 Å². The molecule has 0 N–H and O–H groups in total. The molecule has 2 rings (SSSR count). The number of pyridine rings is 1. The Kier molecular flexibility index (Phi) is 1.13. The lowest BCUT2D eigenvalue weighted by molar-refractivity contribution is 0.327. The molecule has 52 valence electrons. The molecule has 0 aromatic carbocycles. The van der Waals surface area contributed by atoms with Crippen LogP contribution in [0.2, 0.25) is 0 Å². The number of ether oxygens (including phenoxy) is 1. The van der Waals surface area contributed by atoms with Crippen molar-refractivity contribution < 1.29 is 4.74 Å². The molecule has 1 aromatic rings. The molecule has 0 saturated heterocycles. The number of fused-ring (bicyclic) bond motifs is 1. The highest BCUT2D eigenvalue weighted by atomic mass is 16.5. The molecule has 2 heteroatoms. The molecule has 1 aliphatic rings. The van der Waals surface area contributed by atoms with Gasteiger partial charge < -0.3 is 4.74 Å². The Morgan fingerprint density at radius 2 is 2.60 bits per heavy atom. The first-order valence-electron chi connectivity index (χ1n) is 3.45. The molecule has 2 nitrogen and oxygen atoms in total. The van der Waals surface area contributed by atoms with Crippen molar-refractivity contribution in [1.82, 2.24) is 4.98 Å². The summed E-state index contributed by atoms with van der Waals surface area (Å²) in [7, 11) is 0. The summed E-state index contributed by atoms with van der Waals surface area (Å²) in [6.07, 6.45) is 1.76. The van der Waals surface area contributed by atoms with Crippen LogP contribution in [0.5, 0.6) is 5.88 Å². The van der Waals surface area contributed by atoms with Crippen LogP contribution >= 0.6 is 0 Å². The van der Waals surface area contributed by atoms with Crippen LogP contribution in [0.4, 0.5) is 0 Å². The third-order valence-corrected chi connectivity index (χ3v) is 1.80. The van der Waals surface area contributed by atoms with Crippen LogP contribution in [0.1, 0.15) is 18.4 Å². The fourth-order valence-electron chi connectivity index (χ4n) is 1.19. The third kappa shape index (κ3) is 0.685. The number of aromatic nitrogens is 1. The highest BCUT2D eigenvalue weighted by molar-refractivity contribution is 5.32. The first-order chi connectivity index (χ1) is 4.88. The molecule has 2 heterocycles. The van der Waals surface area contributed by atoms with Crippen LogP contribution < -0.4 is 4.74 Å². The van der Waals surface area contributed by atoms with E-state index >= 15 is 0 Å². The van der Waals surface area contributed by atoms with Crippen molar-refractivity contribution in [1.29, 1.82) is 0 Å². The van der Waals surface area contributed by atoms with Gasteiger partial charge in [-0.2, -0.15) is 0 Å². The van der Waals surface area contributed by atoms with E-state index in [1.807, 2.05) is 6.07 Å². The van der Waals surface area contributed by atoms with Gasteiger partial charge in [-0.1, -0.05) is 13.0 Å². The molecule has 0 saturated carbocycles. The van der Waals surface area contributed by atoms with Gasteiger partial charge in [-0.15, -0.1) is 0 Å². The average Bonchev–Trinajstić information content (AvgIpc) is 2.34. The highest BCUT2D eigenvalue weighted by Gasteiger charge is 2.19. The number of nitrogens with zero attached hydrogens (tertiary/aromatic N) is 1. The zero-order valence-electron chi connectivity index (χ0n) is 5.87. The molecular formula is C8H9NO. The van der Waals surface area contributed by atoms with E-state index in [4.69, 9.17) is 4.74 Å². The first kappa shape index (κ1) is 5.71. The van der Waals surface area contributed by atoms with Crippen molar-refractivity contribution in [2.75, 3.05) is 6.61 Å². The summed E-state index contributed by atoms with van der Waals surface area (Å²) < 4.78 is 5.30. The molecule has 10 heavy (non-hydrogen) atoms.